The standard InChI is InChI=1S/C31H32FN2O.C29H28FN2O.C29H29N2O.C25H21N2O/c1-17(2)25-14-22(15-26(18(3)4)29(25)32)21-12-13-34(7)27(16-21)28-19(5)8-10-23-24-11-9-20(6)33-31(24)35-30(23)28;1-17(2)14-22-15-20(8-11-25(22)30)21-12-13-32(5)26(16-21)27-18(3)6-9-23-24-10-7-19(4)31-29(24)33-28(23)27;1-18(2)15-21-7-6-8-22(16-21)23-13-14-31(5)26(17-23)27-19(3)9-11-24-25-12-10-20(4)30-29(25)32-28(24)27;1-16-9-12-20-21-13-10-17(2)26-25(21)28-24(20)23(16)22-14-11-19(15-27(22)3)18-7-5-4-6-8-18/h8-18H,1-7H3;6-13,15-17H,14H2,1-5H3;6-14,16-18H,15H2,1-5H3;4-15H,1-3H3/q4*+1. The summed E-state index contributed by atoms with van der Waals surface area (Å²) in [4.78, 5) is 18.4. The summed E-state index contributed by atoms with van der Waals surface area (Å²) in [5.74, 6) is 1.03. The lowest BCUT2D eigenvalue weighted by molar-refractivity contribution is -0.660. The van der Waals surface area contributed by atoms with Gasteiger partial charge in [-0.2, -0.15) is 0 Å². The maximum atomic E-state index is 15.2. The van der Waals surface area contributed by atoms with Gasteiger partial charge in [-0.15, -0.1) is 0 Å². The molecular weight excluding hydrogens is 1580 g/mol. The van der Waals surface area contributed by atoms with Crippen molar-refractivity contribution < 1.29 is 44.7 Å². The lowest BCUT2D eigenvalue weighted by Gasteiger charge is -2.17. The molecule has 8 aromatic carbocycles. The van der Waals surface area contributed by atoms with E-state index in [-0.39, 0.29) is 23.5 Å². The Kier molecular flexibility index (Phi) is 23.9. The Hall–Kier alpha value is -14.0. The van der Waals surface area contributed by atoms with Crippen LogP contribution in [0.2, 0.25) is 0 Å². The Bertz CT molecular complexity index is 7690. The molecule has 12 nitrogen and oxygen atoms in total. The molecule has 0 saturated heterocycles. The van der Waals surface area contributed by atoms with Crippen molar-refractivity contribution in [3.63, 3.8) is 0 Å². The van der Waals surface area contributed by atoms with Gasteiger partial charge in [-0.1, -0.05) is 165 Å². The highest BCUT2D eigenvalue weighted by molar-refractivity contribution is 6.12. The zero-order valence-corrected chi connectivity index (χ0v) is 76.9. The van der Waals surface area contributed by atoms with Crippen LogP contribution < -0.4 is 18.3 Å². The summed E-state index contributed by atoms with van der Waals surface area (Å²) in [5.41, 5.74) is 36.0. The van der Waals surface area contributed by atoms with Crippen molar-refractivity contribution >= 4 is 88.3 Å². The highest BCUT2D eigenvalue weighted by atomic mass is 19.1. The van der Waals surface area contributed by atoms with E-state index in [1.54, 1.807) is 6.07 Å². The van der Waals surface area contributed by atoms with Gasteiger partial charge in [-0.05, 0) is 254 Å². The lowest BCUT2D eigenvalue weighted by Crippen LogP contribution is -2.30. The average Bonchev–Trinajstić information content (AvgIpc) is 1.59. The van der Waals surface area contributed by atoms with Gasteiger partial charge in [0.15, 0.2) is 47.1 Å². The van der Waals surface area contributed by atoms with Crippen LogP contribution in [0.1, 0.15) is 135 Å². The number of halogens is 2. The molecule has 0 spiro atoms. The van der Waals surface area contributed by atoms with E-state index >= 15 is 4.39 Å². The lowest BCUT2D eigenvalue weighted by atomic mass is 9.89. The molecule has 640 valence electrons. The van der Waals surface area contributed by atoms with Gasteiger partial charge in [-0.3, -0.25) is 0 Å². The molecule has 0 fully saturated rings. The van der Waals surface area contributed by atoms with E-state index in [4.69, 9.17) is 17.7 Å². The van der Waals surface area contributed by atoms with E-state index in [1.807, 2.05) is 124 Å². The normalized spacial score (nSPS) is 11.7. The third-order valence-electron chi connectivity index (χ3n) is 24.8. The van der Waals surface area contributed by atoms with E-state index in [0.29, 0.717) is 34.7 Å². The minimum absolute atomic E-state index is 0.0776. The summed E-state index contributed by atoms with van der Waals surface area (Å²) in [6.45, 7) is 33.4. The summed E-state index contributed by atoms with van der Waals surface area (Å²) < 4.78 is 63.4. The Balaban J connectivity index is 0.000000120. The number of nitrogens with zero attached hydrogens (tertiary/aromatic N) is 8. The van der Waals surface area contributed by atoms with Gasteiger partial charge in [0.1, 0.15) is 39.8 Å². The molecule has 0 atom stereocenters. The van der Waals surface area contributed by atoms with Crippen LogP contribution in [0.15, 0.2) is 273 Å². The summed E-state index contributed by atoms with van der Waals surface area (Å²) >= 11 is 0. The number of aromatic nitrogens is 8. The fourth-order valence-electron chi connectivity index (χ4n) is 18.0. The van der Waals surface area contributed by atoms with Crippen molar-refractivity contribution in [3.05, 3.63) is 334 Å². The van der Waals surface area contributed by atoms with Crippen molar-refractivity contribution in [2.24, 2.45) is 40.0 Å². The Morgan fingerprint density at radius 3 is 1.01 bits per heavy atom. The summed E-state index contributed by atoms with van der Waals surface area (Å²) in [5, 5.41) is 8.50. The molecule has 20 aromatic rings. The third-order valence-corrected chi connectivity index (χ3v) is 24.8. The molecule has 0 N–H and O–H groups in total. The first-order valence-corrected chi connectivity index (χ1v) is 44.4. The number of aryl methyl sites for hydroxylation is 12. The molecule has 0 radical (unpaired) electrons. The molecule has 0 bridgehead atoms. The molecule has 0 aliphatic heterocycles. The van der Waals surface area contributed by atoms with Gasteiger partial charge < -0.3 is 17.7 Å². The minimum atomic E-state index is -0.139. The highest BCUT2D eigenvalue weighted by Crippen LogP contribution is 2.44. The Labute approximate surface area is 747 Å². The predicted molar refractivity (Wildman–Crippen MR) is 517 cm³/mol. The van der Waals surface area contributed by atoms with Crippen molar-refractivity contribution in [3.8, 4) is 89.5 Å². The molecule has 0 aliphatic rings. The molecular formula is C114H110F2N8O4+4. The van der Waals surface area contributed by atoms with Crippen molar-refractivity contribution in [1.29, 1.82) is 0 Å². The van der Waals surface area contributed by atoms with E-state index in [0.717, 1.165) is 196 Å². The van der Waals surface area contributed by atoms with E-state index < -0.39 is 0 Å². The van der Waals surface area contributed by atoms with Gasteiger partial charge in [0.2, 0.25) is 45.6 Å². The second-order valence-corrected chi connectivity index (χ2v) is 36.2. The smallest absolute Gasteiger partial charge is 0.227 e. The molecule has 20 rings (SSSR count). The highest BCUT2D eigenvalue weighted by Gasteiger charge is 2.29. The fraction of sp³-hybridized carbons (Fsp3) is 0.228. The largest absolute Gasteiger partial charge is 0.437 e. The average molecular weight is 1690 g/mol. The van der Waals surface area contributed by atoms with Crippen LogP contribution >= 0.6 is 0 Å². The van der Waals surface area contributed by atoms with Gasteiger partial charge >= 0.3 is 0 Å². The number of furan rings is 4. The van der Waals surface area contributed by atoms with Gasteiger partial charge in [0, 0.05) is 114 Å². The van der Waals surface area contributed by atoms with Crippen molar-refractivity contribution in [2.45, 2.75) is 135 Å². The first-order chi connectivity index (χ1) is 61.5. The maximum Gasteiger partial charge on any atom is 0.227 e. The fourth-order valence-corrected chi connectivity index (χ4v) is 18.0. The monoisotopic (exact) mass is 1690 g/mol. The Morgan fingerprint density at radius 2 is 0.633 bits per heavy atom. The van der Waals surface area contributed by atoms with Crippen LogP contribution in [0, 0.1) is 78.9 Å². The van der Waals surface area contributed by atoms with Crippen LogP contribution in [-0.4, -0.2) is 19.9 Å². The summed E-state index contributed by atoms with van der Waals surface area (Å²) in [6.07, 6.45) is 10.3. The molecule has 12 aromatic heterocycles. The molecule has 128 heavy (non-hydrogen) atoms. The zero-order chi connectivity index (χ0) is 89.9. The van der Waals surface area contributed by atoms with E-state index in [9.17, 15) is 4.39 Å². The van der Waals surface area contributed by atoms with Gasteiger partial charge in [0.25, 0.3) is 0 Å². The Morgan fingerprint density at radius 1 is 0.289 bits per heavy atom. The maximum absolute atomic E-state index is 15.2. The van der Waals surface area contributed by atoms with Crippen LogP contribution in [0.5, 0.6) is 0 Å². The van der Waals surface area contributed by atoms with Crippen LogP contribution in [0.3, 0.4) is 0 Å². The van der Waals surface area contributed by atoms with Gasteiger partial charge in [-0.25, -0.2) is 47.0 Å². The zero-order valence-electron chi connectivity index (χ0n) is 76.9. The first kappa shape index (κ1) is 86.2. The number of rotatable bonds is 14. The van der Waals surface area contributed by atoms with E-state index in [2.05, 4.69) is 302 Å². The molecule has 14 heteroatoms. The second-order valence-electron chi connectivity index (χ2n) is 36.2. The number of fused-ring (bicyclic) bond motifs is 12. The van der Waals surface area contributed by atoms with Crippen LogP contribution in [0.25, 0.3) is 178 Å². The number of hydrogen-bond acceptors (Lipinski definition) is 8. The van der Waals surface area contributed by atoms with Crippen molar-refractivity contribution in [1.82, 2.24) is 19.9 Å². The SMILES string of the molecule is Cc1ccc2c(n1)oc1c(-c3cc(-c4cc(C(C)C)c(F)c(C(C)C)c4)cc[n+]3C)c(C)ccc12.Cc1ccc2c(n1)oc1c(-c3cc(-c4ccc(F)c(CC(C)C)c4)cc[n+]3C)c(C)ccc12.Cc1ccc2c(n1)oc1c(-c3cc(-c4cccc(CC(C)C)c4)cc[n+]3C)c(C)ccc12.Cc1ccc2c(n1)oc1c(-c3ccc(-c4ccccc4)c[n+]3C)c(C)ccc12. The summed E-state index contributed by atoms with van der Waals surface area (Å²) in [7, 11) is 8.27. The van der Waals surface area contributed by atoms with Crippen LogP contribution in [-0.2, 0) is 41.0 Å². The molecule has 12 heterocycles. The van der Waals surface area contributed by atoms with E-state index in [1.165, 1.54) is 38.9 Å². The number of hydrogen-bond donors (Lipinski definition) is 0. The number of pyridine rings is 8. The third kappa shape index (κ3) is 17.0. The topological polar surface area (TPSA) is 120 Å². The molecule has 0 saturated carbocycles. The quantitative estimate of drug-likeness (QED) is 0.0988. The van der Waals surface area contributed by atoms with Crippen LogP contribution in [0.4, 0.5) is 8.78 Å². The van der Waals surface area contributed by atoms with Gasteiger partial charge in [0.05, 0.1) is 22.3 Å². The second kappa shape index (κ2) is 35.4. The minimum Gasteiger partial charge on any atom is -0.437 e. The molecule has 0 aliphatic carbocycles. The molecule has 0 unspecified atom stereocenters. The molecule has 0 amide bonds. The van der Waals surface area contributed by atoms with Crippen molar-refractivity contribution in [2.75, 3.05) is 0 Å². The predicted octanol–water partition coefficient (Wildman–Crippen LogP) is 27.9. The summed E-state index contributed by atoms with van der Waals surface area (Å²) in [6, 6.07) is 79.8. The first-order valence-electron chi connectivity index (χ1n) is 44.4. The number of benzene rings is 8.